The normalized spacial score (nSPS) is 10.7. The minimum atomic E-state index is -0.580. The van der Waals surface area contributed by atoms with Crippen molar-refractivity contribution in [2.24, 2.45) is 5.10 Å². The molecule has 0 bridgehead atoms. The van der Waals surface area contributed by atoms with Gasteiger partial charge in [0.25, 0.3) is 5.91 Å². The van der Waals surface area contributed by atoms with Crippen LogP contribution in [0.2, 0.25) is 0 Å². The van der Waals surface area contributed by atoms with Gasteiger partial charge in [0.2, 0.25) is 5.76 Å². The molecule has 1 aromatic heterocycles. The first-order valence-corrected chi connectivity index (χ1v) is 10.1. The number of carbonyl (C=O) groups excluding carboxylic acids is 2. The number of amides is 1. The van der Waals surface area contributed by atoms with E-state index in [9.17, 15) is 9.59 Å². The molecule has 1 N–H and O–H groups in total. The molecule has 0 radical (unpaired) electrons. The van der Waals surface area contributed by atoms with Gasteiger partial charge in [-0.1, -0.05) is 42.5 Å². The third-order valence-electron chi connectivity index (χ3n) is 4.55. The highest BCUT2D eigenvalue weighted by molar-refractivity contribution is 5.88. The molecule has 0 aliphatic carbocycles. The Morgan fingerprint density at radius 3 is 2.21 bits per heavy atom. The molecule has 4 rings (SSSR count). The van der Waals surface area contributed by atoms with E-state index >= 15 is 0 Å². The highest BCUT2D eigenvalue weighted by Crippen LogP contribution is 2.22. The lowest BCUT2D eigenvalue weighted by Gasteiger charge is -2.06. The van der Waals surface area contributed by atoms with E-state index in [-0.39, 0.29) is 18.3 Å². The number of hydrazone groups is 1. The number of carbonyl (C=O) groups is 2. The second-order valence-corrected chi connectivity index (χ2v) is 6.91. The van der Waals surface area contributed by atoms with Crippen molar-refractivity contribution in [1.29, 1.82) is 0 Å². The molecule has 0 fully saturated rings. The zero-order valence-corrected chi connectivity index (χ0v) is 17.5. The summed E-state index contributed by atoms with van der Waals surface area (Å²) in [7, 11) is 0. The van der Waals surface area contributed by atoms with Crippen LogP contribution in [0, 0.1) is 0 Å². The lowest BCUT2D eigenvalue weighted by atomic mass is 10.1. The fraction of sp³-hybridized carbons (Fsp3) is 0.0385. The van der Waals surface area contributed by atoms with Crippen LogP contribution in [0.1, 0.15) is 16.1 Å². The zero-order valence-electron chi connectivity index (χ0n) is 17.5. The molecule has 0 saturated carbocycles. The maximum atomic E-state index is 12.0. The molecule has 1 heterocycles. The van der Waals surface area contributed by atoms with Crippen LogP contribution < -0.4 is 14.9 Å². The zero-order chi connectivity index (χ0) is 22.9. The summed E-state index contributed by atoms with van der Waals surface area (Å²) in [6.07, 6.45) is 2.88. The van der Waals surface area contributed by atoms with Crippen LogP contribution >= 0.6 is 0 Å². The summed E-state index contributed by atoms with van der Waals surface area (Å²) in [5.74, 6) is 0.112. The number of nitrogens with one attached hydrogen (secondary N) is 1. The van der Waals surface area contributed by atoms with E-state index in [0.717, 1.165) is 11.1 Å². The highest BCUT2D eigenvalue weighted by atomic mass is 16.5. The summed E-state index contributed by atoms with van der Waals surface area (Å²) in [4.78, 5) is 23.8. The first kappa shape index (κ1) is 21.6. The van der Waals surface area contributed by atoms with Crippen LogP contribution in [0.4, 0.5) is 0 Å². The number of nitrogens with zero attached hydrogens (tertiary/aromatic N) is 1. The van der Waals surface area contributed by atoms with Crippen LogP contribution in [0.25, 0.3) is 11.1 Å². The second-order valence-electron chi connectivity index (χ2n) is 6.91. The Morgan fingerprint density at radius 1 is 0.818 bits per heavy atom. The molecular formula is C26H20N2O5. The Bertz CT molecular complexity index is 1220. The van der Waals surface area contributed by atoms with E-state index in [1.165, 1.54) is 18.5 Å². The summed E-state index contributed by atoms with van der Waals surface area (Å²) >= 11 is 0. The summed E-state index contributed by atoms with van der Waals surface area (Å²) in [5.41, 5.74) is 5.30. The number of ether oxygens (including phenoxy) is 2. The van der Waals surface area contributed by atoms with Crippen molar-refractivity contribution in [3.63, 3.8) is 0 Å². The topological polar surface area (TPSA) is 90.1 Å². The molecule has 164 valence electrons. The quantitative estimate of drug-likeness (QED) is 0.186. The maximum Gasteiger partial charge on any atom is 0.379 e. The summed E-state index contributed by atoms with van der Waals surface area (Å²) in [6.45, 7) is -0.163. The van der Waals surface area contributed by atoms with E-state index in [1.807, 2.05) is 54.6 Å². The molecule has 7 heteroatoms. The van der Waals surface area contributed by atoms with Gasteiger partial charge in [-0.25, -0.2) is 10.2 Å². The second kappa shape index (κ2) is 10.6. The van der Waals surface area contributed by atoms with Crippen LogP contribution in [0.5, 0.6) is 11.5 Å². The summed E-state index contributed by atoms with van der Waals surface area (Å²) in [6, 6.07) is 27.3. The minimum absolute atomic E-state index is 0.123. The first-order chi connectivity index (χ1) is 16.2. The van der Waals surface area contributed by atoms with Crippen LogP contribution in [0.3, 0.4) is 0 Å². The van der Waals surface area contributed by atoms with E-state index in [4.69, 9.17) is 13.9 Å². The Hall–Kier alpha value is -4.65. The van der Waals surface area contributed by atoms with Crippen molar-refractivity contribution in [2.75, 3.05) is 6.61 Å². The Labute approximate surface area is 190 Å². The van der Waals surface area contributed by atoms with Crippen molar-refractivity contribution in [3.8, 4) is 22.6 Å². The van der Waals surface area contributed by atoms with Gasteiger partial charge in [0.05, 0.1) is 12.5 Å². The molecular weight excluding hydrogens is 420 g/mol. The lowest BCUT2D eigenvalue weighted by molar-refractivity contribution is -0.123. The summed E-state index contributed by atoms with van der Waals surface area (Å²) < 4.78 is 15.7. The molecule has 0 spiro atoms. The Balaban J connectivity index is 1.21. The molecule has 0 atom stereocenters. The molecule has 1 amide bonds. The first-order valence-electron chi connectivity index (χ1n) is 10.1. The van der Waals surface area contributed by atoms with Gasteiger partial charge in [0.15, 0.2) is 6.61 Å². The molecule has 0 saturated heterocycles. The maximum absolute atomic E-state index is 12.0. The largest absolute Gasteiger partial charge is 0.484 e. The number of furan rings is 1. The van der Waals surface area contributed by atoms with Gasteiger partial charge in [-0.05, 0) is 65.2 Å². The molecule has 3 aromatic carbocycles. The van der Waals surface area contributed by atoms with Gasteiger partial charge in [-0.2, -0.15) is 5.10 Å². The Morgan fingerprint density at radius 2 is 1.52 bits per heavy atom. The van der Waals surface area contributed by atoms with Crippen LogP contribution in [-0.2, 0) is 4.79 Å². The van der Waals surface area contributed by atoms with Crippen molar-refractivity contribution < 1.29 is 23.5 Å². The van der Waals surface area contributed by atoms with E-state index in [0.29, 0.717) is 17.1 Å². The van der Waals surface area contributed by atoms with Gasteiger partial charge < -0.3 is 13.9 Å². The van der Waals surface area contributed by atoms with E-state index < -0.39 is 5.97 Å². The van der Waals surface area contributed by atoms with E-state index in [1.54, 1.807) is 30.3 Å². The smallest absolute Gasteiger partial charge is 0.379 e. The SMILES string of the molecule is O=C(COc1ccc(-c2ccccc2)cc1)N/N=C/c1ccc(OC(=O)c2ccco2)cc1. The van der Waals surface area contributed by atoms with Gasteiger partial charge in [-0.15, -0.1) is 0 Å². The van der Waals surface area contributed by atoms with Crippen molar-refractivity contribution in [3.05, 3.63) is 109 Å². The molecule has 0 aliphatic rings. The molecule has 33 heavy (non-hydrogen) atoms. The average Bonchev–Trinajstić information content (AvgIpc) is 3.40. The van der Waals surface area contributed by atoms with Gasteiger partial charge >= 0.3 is 5.97 Å². The standard InChI is InChI=1S/C26H20N2O5/c29-25(18-32-22-14-10-21(11-15-22)20-5-2-1-3-6-20)28-27-17-19-8-12-23(13-9-19)33-26(30)24-7-4-16-31-24/h1-17H,18H2,(H,28,29)/b27-17+. The highest BCUT2D eigenvalue weighted by Gasteiger charge is 2.11. The summed E-state index contributed by atoms with van der Waals surface area (Å²) in [5, 5.41) is 3.91. The fourth-order valence-electron chi connectivity index (χ4n) is 2.91. The fourth-order valence-corrected chi connectivity index (χ4v) is 2.91. The molecule has 7 nitrogen and oxygen atoms in total. The van der Waals surface area contributed by atoms with E-state index in [2.05, 4.69) is 10.5 Å². The number of esters is 1. The third kappa shape index (κ3) is 6.18. The Kier molecular flexibility index (Phi) is 6.92. The van der Waals surface area contributed by atoms with Crippen molar-refractivity contribution in [1.82, 2.24) is 5.43 Å². The number of hydrogen-bond donors (Lipinski definition) is 1. The van der Waals surface area contributed by atoms with Crippen LogP contribution in [-0.4, -0.2) is 24.7 Å². The van der Waals surface area contributed by atoms with Crippen LogP contribution in [0.15, 0.2) is 107 Å². The minimum Gasteiger partial charge on any atom is -0.484 e. The number of rotatable bonds is 8. The van der Waals surface area contributed by atoms with Crippen molar-refractivity contribution >= 4 is 18.1 Å². The number of hydrogen-bond acceptors (Lipinski definition) is 6. The predicted molar refractivity (Wildman–Crippen MR) is 123 cm³/mol. The van der Waals surface area contributed by atoms with Gasteiger partial charge in [0.1, 0.15) is 11.5 Å². The molecule has 4 aromatic rings. The lowest BCUT2D eigenvalue weighted by Crippen LogP contribution is -2.24. The van der Waals surface area contributed by atoms with Gasteiger partial charge in [-0.3, -0.25) is 4.79 Å². The number of benzene rings is 3. The van der Waals surface area contributed by atoms with Gasteiger partial charge in [0, 0.05) is 0 Å². The third-order valence-corrected chi connectivity index (χ3v) is 4.55. The average molecular weight is 440 g/mol. The predicted octanol–water partition coefficient (Wildman–Crippen LogP) is 4.69. The van der Waals surface area contributed by atoms with Crippen molar-refractivity contribution in [2.45, 2.75) is 0 Å². The molecule has 0 unspecified atom stereocenters. The molecule has 0 aliphatic heterocycles. The monoisotopic (exact) mass is 440 g/mol.